The molecule has 1 aromatic rings. The molecule has 3 heteroatoms. The second kappa shape index (κ2) is 5.59. The van der Waals surface area contributed by atoms with Gasteiger partial charge in [0.1, 0.15) is 9.52 Å². The highest BCUT2D eigenvalue weighted by atomic mass is 35.5. The molecule has 0 heterocycles. The normalized spacial score (nSPS) is 10.6. The predicted molar refractivity (Wildman–Crippen MR) is 66.8 cm³/mol. The Morgan fingerprint density at radius 2 is 2.21 bits per heavy atom. The van der Waals surface area contributed by atoms with Gasteiger partial charge in [-0.1, -0.05) is 43.0 Å². The van der Waals surface area contributed by atoms with Crippen molar-refractivity contribution < 1.29 is 0 Å². The minimum atomic E-state index is -0.318. The fraction of sp³-hybridized carbons (Fsp3) is 0.273. The lowest BCUT2D eigenvalue weighted by Gasteiger charge is -2.10. The van der Waals surface area contributed by atoms with Gasteiger partial charge < -0.3 is 0 Å². The summed E-state index contributed by atoms with van der Waals surface area (Å²) in [4.78, 5) is 0. The lowest BCUT2D eigenvalue weighted by Crippen LogP contribution is -2.26. The highest BCUT2D eigenvalue weighted by Crippen LogP contribution is 2.08. The molecule has 0 atom stereocenters. The molecule has 0 saturated heterocycles. The van der Waals surface area contributed by atoms with Crippen molar-refractivity contribution in [2.45, 2.75) is 17.8 Å². The molecular weight excluding hydrogens is 231 g/mol. The highest BCUT2D eigenvalue weighted by Gasteiger charge is 2.10. The topological polar surface area (TPSA) is 0 Å². The van der Waals surface area contributed by atoms with Crippen molar-refractivity contribution in [1.29, 1.82) is 0 Å². The molecule has 0 aromatic heterocycles. The van der Waals surface area contributed by atoms with Crippen LogP contribution in [0.3, 0.4) is 0 Å². The summed E-state index contributed by atoms with van der Waals surface area (Å²) in [7, 11) is 0.432. The predicted octanol–water partition coefficient (Wildman–Crippen LogP) is 2.98. The number of hydrogen-bond donors (Lipinski definition) is 0. The zero-order valence-corrected chi connectivity index (χ0v) is 10.6. The lowest BCUT2D eigenvalue weighted by atomic mass is 10.1. The average Bonchev–Trinajstić information content (AvgIpc) is 2.17. The molecule has 1 aromatic carbocycles. The molecule has 0 amide bonds. The third-order valence-corrected chi connectivity index (χ3v) is 3.81. The molecule has 0 saturated carbocycles. The molecule has 2 radical (unpaired) electrons. The summed E-state index contributed by atoms with van der Waals surface area (Å²) in [6.45, 7) is 5.93. The van der Waals surface area contributed by atoms with E-state index >= 15 is 0 Å². The molecule has 0 N–H and O–H groups in total. The van der Waals surface area contributed by atoms with E-state index in [0.717, 1.165) is 12.0 Å². The minimum absolute atomic E-state index is 0.318. The number of alkyl halides is 2. The van der Waals surface area contributed by atoms with Gasteiger partial charge in [0.25, 0.3) is 0 Å². The summed E-state index contributed by atoms with van der Waals surface area (Å²) in [5.74, 6) is 0. The van der Waals surface area contributed by atoms with Crippen LogP contribution in [0.15, 0.2) is 24.8 Å². The lowest BCUT2D eigenvalue weighted by molar-refractivity contribution is 1.15. The van der Waals surface area contributed by atoms with E-state index in [9.17, 15) is 0 Å². The van der Waals surface area contributed by atoms with Gasteiger partial charge >= 0.3 is 0 Å². The SMILES string of the molecule is C=Cc1cccc(CC)c1[Si]C(Cl)Cl. The maximum Gasteiger partial charge on any atom is 0.125 e. The van der Waals surface area contributed by atoms with Crippen LogP contribution < -0.4 is 5.19 Å². The van der Waals surface area contributed by atoms with Crippen molar-refractivity contribution in [3.8, 4) is 0 Å². The smallest absolute Gasteiger partial charge is 0.110 e. The molecule has 0 aliphatic heterocycles. The highest BCUT2D eigenvalue weighted by molar-refractivity contribution is 6.76. The molecule has 0 nitrogen and oxygen atoms in total. The number of hydrogen-bond acceptors (Lipinski definition) is 0. The van der Waals surface area contributed by atoms with E-state index in [4.69, 9.17) is 23.2 Å². The van der Waals surface area contributed by atoms with Gasteiger partial charge in [-0.05, 0) is 17.5 Å². The molecule has 0 spiro atoms. The summed E-state index contributed by atoms with van der Waals surface area (Å²) in [5.41, 5.74) is 2.46. The number of benzene rings is 1. The Kier molecular flexibility index (Phi) is 4.73. The average molecular weight is 243 g/mol. The molecule has 0 aliphatic carbocycles. The quantitative estimate of drug-likeness (QED) is 0.563. The zero-order valence-electron chi connectivity index (χ0n) is 8.06. The Hall–Kier alpha value is -0.243. The Morgan fingerprint density at radius 1 is 1.50 bits per heavy atom. The molecule has 0 unspecified atom stereocenters. The first-order valence-corrected chi connectivity index (χ1v) is 6.43. The second-order valence-electron chi connectivity index (χ2n) is 2.88. The van der Waals surface area contributed by atoms with Gasteiger partial charge in [0.15, 0.2) is 0 Å². The van der Waals surface area contributed by atoms with Crippen LogP contribution in [-0.4, -0.2) is 14.0 Å². The molecule has 0 bridgehead atoms. The third kappa shape index (κ3) is 2.87. The first-order valence-electron chi connectivity index (χ1n) is 4.48. The van der Waals surface area contributed by atoms with Gasteiger partial charge in [-0.15, -0.1) is 23.2 Å². The van der Waals surface area contributed by atoms with E-state index in [2.05, 4.69) is 19.6 Å². The largest absolute Gasteiger partial charge is 0.125 e. The Balaban J connectivity index is 3.12. The third-order valence-electron chi connectivity index (χ3n) is 2.04. The molecule has 14 heavy (non-hydrogen) atoms. The number of halogens is 2. The van der Waals surface area contributed by atoms with Crippen molar-refractivity contribution in [3.05, 3.63) is 35.9 Å². The Morgan fingerprint density at radius 3 is 2.71 bits per heavy atom. The van der Waals surface area contributed by atoms with Crippen LogP contribution in [0.2, 0.25) is 0 Å². The molecule has 0 aliphatic rings. The van der Waals surface area contributed by atoms with Crippen molar-refractivity contribution >= 4 is 44.0 Å². The maximum absolute atomic E-state index is 5.81. The first kappa shape index (κ1) is 11.8. The van der Waals surface area contributed by atoms with Crippen LogP contribution in [0.1, 0.15) is 18.1 Å². The number of aryl methyl sites for hydroxylation is 1. The molecule has 1 rings (SSSR count). The molecule has 0 fully saturated rings. The summed E-state index contributed by atoms with van der Waals surface area (Å²) >= 11 is 11.6. The van der Waals surface area contributed by atoms with Crippen LogP contribution in [0.4, 0.5) is 0 Å². The monoisotopic (exact) mass is 242 g/mol. The van der Waals surface area contributed by atoms with E-state index in [1.807, 2.05) is 18.2 Å². The van der Waals surface area contributed by atoms with Gasteiger partial charge in [-0.25, -0.2) is 0 Å². The summed E-state index contributed by atoms with van der Waals surface area (Å²) in [5, 5.41) is 1.25. The minimum Gasteiger partial charge on any atom is -0.110 e. The van der Waals surface area contributed by atoms with Gasteiger partial charge in [0.05, 0.1) is 4.46 Å². The van der Waals surface area contributed by atoms with Crippen LogP contribution in [0.25, 0.3) is 6.08 Å². The summed E-state index contributed by atoms with van der Waals surface area (Å²) < 4.78 is -0.318. The van der Waals surface area contributed by atoms with Gasteiger partial charge in [-0.2, -0.15) is 0 Å². The van der Waals surface area contributed by atoms with E-state index in [1.54, 1.807) is 0 Å². The molecular formula is C11H12Cl2Si. The van der Waals surface area contributed by atoms with Crippen molar-refractivity contribution in [2.24, 2.45) is 0 Å². The van der Waals surface area contributed by atoms with Crippen LogP contribution in [0.5, 0.6) is 0 Å². The van der Waals surface area contributed by atoms with Crippen LogP contribution >= 0.6 is 23.2 Å². The van der Waals surface area contributed by atoms with Crippen molar-refractivity contribution in [3.63, 3.8) is 0 Å². The van der Waals surface area contributed by atoms with Gasteiger partial charge in [0.2, 0.25) is 0 Å². The zero-order chi connectivity index (χ0) is 10.6. The fourth-order valence-electron chi connectivity index (χ4n) is 1.37. The Bertz CT molecular complexity index is 321. The summed E-state index contributed by atoms with van der Waals surface area (Å²) in [6, 6.07) is 6.21. The van der Waals surface area contributed by atoms with E-state index < -0.39 is 0 Å². The summed E-state index contributed by atoms with van der Waals surface area (Å²) in [6.07, 6.45) is 2.86. The maximum atomic E-state index is 5.81. The van der Waals surface area contributed by atoms with Gasteiger partial charge in [0, 0.05) is 0 Å². The van der Waals surface area contributed by atoms with Crippen molar-refractivity contribution in [1.82, 2.24) is 0 Å². The van der Waals surface area contributed by atoms with E-state index in [0.29, 0.717) is 9.52 Å². The first-order chi connectivity index (χ1) is 6.69. The van der Waals surface area contributed by atoms with Gasteiger partial charge in [-0.3, -0.25) is 0 Å². The standard InChI is InChI=1S/C11H12Cl2Si/c1-3-8-6-5-7-9(4-2)10(8)14-11(12)13/h3,5-7,11H,1,4H2,2H3. The fourth-order valence-corrected chi connectivity index (χ4v) is 3.04. The van der Waals surface area contributed by atoms with Crippen molar-refractivity contribution in [2.75, 3.05) is 0 Å². The second-order valence-corrected chi connectivity index (χ2v) is 6.08. The van der Waals surface area contributed by atoms with Crippen LogP contribution in [-0.2, 0) is 6.42 Å². The van der Waals surface area contributed by atoms with Crippen LogP contribution in [0, 0.1) is 0 Å². The number of rotatable bonds is 4. The van der Waals surface area contributed by atoms with E-state index in [1.165, 1.54) is 10.8 Å². The van der Waals surface area contributed by atoms with E-state index in [-0.39, 0.29) is 4.46 Å². The Labute approximate surface area is 97.7 Å². The molecule has 74 valence electrons.